The Kier molecular flexibility index (Phi) is 8.58. The highest BCUT2D eigenvalue weighted by Gasteiger charge is 2.24. The number of ether oxygens (including phenoxy) is 1. The van der Waals surface area contributed by atoms with Gasteiger partial charge in [0, 0.05) is 19.1 Å². The van der Waals surface area contributed by atoms with Crippen molar-refractivity contribution in [2.75, 3.05) is 19.7 Å². The quantitative estimate of drug-likeness (QED) is 0.622. The lowest BCUT2D eigenvalue weighted by atomic mass is 10.1. The molecule has 0 radical (unpaired) electrons. The smallest absolute Gasteiger partial charge is 0.338 e. The van der Waals surface area contributed by atoms with Gasteiger partial charge in [-0.2, -0.15) is 4.31 Å². The molecule has 10 heteroatoms. The van der Waals surface area contributed by atoms with Crippen LogP contribution in [0.2, 0.25) is 0 Å². The number of esters is 1. The fourth-order valence-electron chi connectivity index (χ4n) is 2.36. The molecule has 0 spiro atoms. The van der Waals surface area contributed by atoms with Gasteiger partial charge in [0.05, 0.1) is 10.5 Å². The van der Waals surface area contributed by atoms with Gasteiger partial charge in [-0.15, -0.1) is 0 Å². The minimum Gasteiger partial charge on any atom is -0.452 e. The normalized spacial score (nSPS) is 11.4. The largest absolute Gasteiger partial charge is 0.452 e. The van der Waals surface area contributed by atoms with Crippen molar-refractivity contribution in [1.82, 2.24) is 14.9 Å². The zero-order valence-electron chi connectivity index (χ0n) is 16.7. The Hall–Kier alpha value is -2.46. The first-order valence-electron chi connectivity index (χ1n) is 8.91. The summed E-state index contributed by atoms with van der Waals surface area (Å²) in [6.07, 6.45) is 0. The number of amides is 3. The van der Waals surface area contributed by atoms with Crippen LogP contribution < -0.4 is 10.6 Å². The van der Waals surface area contributed by atoms with Crippen molar-refractivity contribution in [3.63, 3.8) is 0 Å². The molecule has 0 fully saturated rings. The molecule has 0 saturated heterocycles. The van der Waals surface area contributed by atoms with Gasteiger partial charge in [0.15, 0.2) is 6.61 Å². The molecule has 2 N–H and O–H groups in total. The molecule has 156 valence electrons. The summed E-state index contributed by atoms with van der Waals surface area (Å²) in [7, 11) is -3.74. The number of benzene rings is 1. The van der Waals surface area contributed by atoms with Crippen LogP contribution in [-0.2, 0) is 19.6 Å². The third-order valence-electron chi connectivity index (χ3n) is 3.78. The maximum atomic E-state index is 12.6. The van der Waals surface area contributed by atoms with E-state index in [-0.39, 0.29) is 16.5 Å². The van der Waals surface area contributed by atoms with Gasteiger partial charge in [-0.3, -0.25) is 10.1 Å². The number of nitrogens with one attached hydrogen (secondary N) is 2. The van der Waals surface area contributed by atoms with E-state index >= 15 is 0 Å². The van der Waals surface area contributed by atoms with Gasteiger partial charge in [-0.1, -0.05) is 19.9 Å². The van der Waals surface area contributed by atoms with E-state index < -0.39 is 34.5 Å². The maximum Gasteiger partial charge on any atom is 0.338 e. The van der Waals surface area contributed by atoms with E-state index in [2.05, 4.69) is 5.32 Å². The van der Waals surface area contributed by atoms with Crippen LogP contribution in [-0.4, -0.2) is 56.4 Å². The Labute approximate surface area is 165 Å². The molecule has 3 amide bonds. The summed E-state index contributed by atoms with van der Waals surface area (Å²) in [6, 6.07) is 3.30. The fourth-order valence-corrected chi connectivity index (χ4v) is 3.85. The van der Waals surface area contributed by atoms with Gasteiger partial charge in [0.25, 0.3) is 5.91 Å². The SMILES string of the molecule is CCN(CC)S(=O)(=O)c1ccc(C)c(C(=O)OCC(=O)NC(=O)NC(C)C)c1. The van der Waals surface area contributed by atoms with E-state index in [1.807, 2.05) is 5.32 Å². The second-order valence-electron chi connectivity index (χ2n) is 6.32. The molecule has 9 nitrogen and oxygen atoms in total. The highest BCUT2D eigenvalue weighted by atomic mass is 32.2. The molecule has 0 heterocycles. The van der Waals surface area contributed by atoms with Crippen LogP contribution >= 0.6 is 0 Å². The lowest BCUT2D eigenvalue weighted by Gasteiger charge is -2.19. The molecule has 0 bridgehead atoms. The molecule has 1 aromatic carbocycles. The number of carbonyl (C=O) groups is 3. The molecule has 28 heavy (non-hydrogen) atoms. The van der Waals surface area contributed by atoms with Crippen LogP contribution in [0.5, 0.6) is 0 Å². The minimum atomic E-state index is -3.74. The molecular weight excluding hydrogens is 386 g/mol. The number of nitrogens with zero attached hydrogens (tertiary/aromatic N) is 1. The second-order valence-corrected chi connectivity index (χ2v) is 8.26. The zero-order valence-corrected chi connectivity index (χ0v) is 17.6. The van der Waals surface area contributed by atoms with Gasteiger partial charge in [-0.05, 0) is 38.5 Å². The first kappa shape index (κ1) is 23.6. The summed E-state index contributed by atoms with van der Waals surface area (Å²) in [5.41, 5.74) is 0.536. The lowest BCUT2D eigenvalue weighted by molar-refractivity contribution is -0.123. The standard InChI is InChI=1S/C18H27N3O6S/c1-6-21(7-2)28(25,26)14-9-8-13(5)15(10-14)17(23)27-11-16(22)20-18(24)19-12(3)4/h8-10,12H,6-7,11H2,1-5H3,(H2,19,20,22,24). The highest BCUT2D eigenvalue weighted by molar-refractivity contribution is 7.89. The molecule has 0 saturated carbocycles. The van der Waals surface area contributed by atoms with E-state index in [4.69, 9.17) is 4.74 Å². The first-order chi connectivity index (χ1) is 13.0. The van der Waals surface area contributed by atoms with E-state index in [0.29, 0.717) is 18.7 Å². The summed E-state index contributed by atoms with van der Waals surface area (Å²) in [5, 5.41) is 4.49. The van der Waals surface area contributed by atoms with Crippen LogP contribution in [0.3, 0.4) is 0 Å². The summed E-state index contributed by atoms with van der Waals surface area (Å²) in [6.45, 7) is 8.45. The summed E-state index contributed by atoms with van der Waals surface area (Å²) >= 11 is 0. The number of urea groups is 1. The number of carbonyl (C=O) groups excluding carboxylic acids is 3. The molecule has 1 aromatic rings. The fraction of sp³-hybridized carbons (Fsp3) is 0.500. The van der Waals surface area contributed by atoms with Crippen molar-refractivity contribution in [1.29, 1.82) is 0 Å². The molecule has 0 atom stereocenters. The van der Waals surface area contributed by atoms with E-state index in [1.165, 1.54) is 22.5 Å². The van der Waals surface area contributed by atoms with Crippen LogP contribution in [0, 0.1) is 6.92 Å². The van der Waals surface area contributed by atoms with Crippen molar-refractivity contribution in [2.24, 2.45) is 0 Å². The Balaban J connectivity index is 2.89. The summed E-state index contributed by atoms with van der Waals surface area (Å²) < 4.78 is 31.4. The average Bonchev–Trinajstić information content (AvgIpc) is 2.59. The van der Waals surface area contributed by atoms with Crippen LogP contribution in [0.4, 0.5) is 4.79 Å². The third-order valence-corrected chi connectivity index (χ3v) is 5.83. The third kappa shape index (κ3) is 6.31. The lowest BCUT2D eigenvalue weighted by Crippen LogP contribution is -2.44. The monoisotopic (exact) mass is 413 g/mol. The van der Waals surface area contributed by atoms with Crippen molar-refractivity contribution < 1.29 is 27.5 Å². The number of aryl methyl sites for hydroxylation is 1. The van der Waals surface area contributed by atoms with Gasteiger partial charge < -0.3 is 10.1 Å². The highest BCUT2D eigenvalue weighted by Crippen LogP contribution is 2.20. The number of hydrogen-bond donors (Lipinski definition) is 2. The average molecular weight is 413 g/mol. The molecule has 0 aliphatic carbocycles. The van der Waals surface area contributed by atoms with Crippen molar-refractivity contribution in [3.8, 4) is 0 Å². The summed E-state index contributed by atoms with van der Waals surface area (Å²) in [5.74, 6) is -1.65. The second kappa shape index (κ2) is 10.2. The Morgan fingerprint density at radius 3 is 2.29 bits per heavy atom. The van der Waals surface area contributed by atoms with Gasteiger partial charge in [-0.25, -0.2) is 18.0 Å². The summed E-state index contributed by atoms with van der Waals surface area (Å²) in [4.78, 5) is 35.4. The van der Waals surface area contributed by atoms with Crippen LogP contribution in [0.15, 0.2) is 23.1 Å². The molecule has 0 aliphatic heterocycles. The van der Waals surface area contributed by atoms with Gasteiger partial charge in [0.1, 0.15) is 0 Å². The zero-order chi connectivity index (χ0) is 21.5. The Morgan fingerprint density at radius 1 is 1.14 bits per heavy atom. The topological polar surface area (TPSA) is 122 Å². The Bertz CT molecular complexity index is 832. The van der Waals surface area contributed by atoms with Crippen molar-refractivity contribution in [3.05, 3.63) is 29.3 Å². The first-order valence-corrected chi connectivity index (χ1v) is 10.3. The van der Waals surface area contributed by atoms with E-state index in [9.17, 15) is 22.8 Å². The van der Waals surface area contributed by atoms with E-state index in [1.54, 1.807) is 34.6 Å². The van der Waals surface area contributed by atoms with Gasteiger partial charge in [0.2, 0.25) is 10.0 Å². The molecular formula is C18H27N3O6S. The van der Waals surface area contributed by atoms with Crippen LogP contribution in [0.25, 0.3) is 0 Å². The predicted molar refractivity (Wildman–Crippen MR) is 103 cm³/mol. The van der Waals surface area contributed by atoms with Crippen molar-refractivity contribution in [2.45, 2.75) is 45.6 Å². The van der Waals surface area contributed by atoms with Crippen molar-refractivity contribution >= 4 is 27.9 Å². The Morgan fingerprint density at radius 2 is 1.75 bits per heavy atom. The van der Waals surface area contributed by atoms with Gasteiger partial charge >= 0.3 is 12.0 Å². The maximum absolute atomic E-state index is 12.6. The molecule has 0 aliphatic rings. The minimum absolute atomic E-state index is 0.0329. The molecule has 0 unspecified atom stereocenters. The molecule has 1 rings (SSSR count). The number of rotatable bonds is 8. The number of sulfonamides is 1. The number of imide groups is 1. The predicted octanol–water partition coefficient (Wildman–Crippen LogP) is 1.42. The molecule has 0 aromatic heterocycles. The van der Waals surface area contributed by atoms with Crippen LogP contribution in [0.1, 0.15) is 43.6 Å². The number of hydrogen-bond acceptors (Lipinski definition) is 6. The van der Waals surface area contributed by atoms with E-state index in [0.717, 1.165) is 0 Å².